The van der Waals surface area contributed by atoms with Crippen molar-refractivity contribution >= 4 is 11.6 Å². The molecule has 1 amide bonds. The summed E-state index contributed by atoms with van der Waals surface area (Å²) in [6.45, 7) is 7.72. The van der Waals surface area contributed by atoms with Crippen LogP contribution >= 0.6 is 0 Å². The van der Waals surface area contributed by atoms with Crippen LogP contribution in [0.5, 0.6) is 0 Å². The molecule has 1 unspecified atom stereocenters. The van der Waals surface area contributed by atoms with Gasteiger partial charge in [0.25, 0.3) is 0 Å². The Labute approximate surface area is 168 Å². The fourth-order valence-corrected chi connectivity index (χ4v) is 4.41. The van der Waals surface area contributed by atoms with E-state index in [-0.39, 0.29) is 11.8 Å². The monoisotopic (exact) mass is 377 g/mol. The van der Waals surface area contributed by atoms with Gasteiger partial charge < -0.3 is 10.2 Å². The van der Waals surface area contributed by atoms with E-state index >= 15 is 0 Å². The predicted octanol–water partition coefficient (Wildman–Crippen LogP) is 3.39. The Morgan fingerprint density at radius 2 is 1.86 bits per heavy atom. The van der Waals surface area contributed by atoms with Crippen molar-refractivity contribution in [2.45, 2.75) is 32.7 Å². The van der Waals surface area contributed by atoms with Crippen molar-refractivity contribution in [3.05, 3.63) is 65.2 Å². The van der Waals surface area contributed by atoms with Crippen molar-refractivity contribution in [3.63, 3.8) is 0 Å². The molecule has 1 fully saturated rings. The molecule has 0 radical (unpaired) electrons. The molecule has 2 aliphatic rings. The van der Waals surface area contributed by atoms with E-state index in [1.54, 1.807) is 0 Å². The minimum absolute atomic E-state index is 0.0946. The van der Waals surface area contributed by atoms with Crippen molar-refractivity contribution in [2.75, 3.05) is 37.6 Å². The summed E-state index contributed by atoms with van der Waals surface area (Å²) in [4.78, 5) is 17.5. The lowest BCUT2D eigenvalue weighted by Gasteiger charge is -2.34. The summed E-state index contributed by atoms with van der Waals surface area (Å²) in [5.74, 6) is 0.311. The number of hydrogen-bond acceptors (Lipinski definition) is 3. The summed E-state index contributed by atoms with van der Waals surface area (Å²) in [5.41, 5.74) is 5.41. The van der Waals surface area contributed by atoms with Gasteiger partial charge in [0, 0.05) is 45.0 Å². The highest BCUT2D eigenvalue weighted by atomic mass is 16.1. The first-order valence-corrected chi connectivity index (χ1v) is 10.6. The van der Waals surface area contributed by atoms with Crippen LogP contribution in [0.15, 0.2) is 48.5 Å². The minimum Gasteiger partial charge on any atom is -0.371 e. The van der Waals surface area contributed by atoms with Crippen LogP contribution in [0.4, 0.5) is 5.69 Å². The van der Waals surface area contributed by atoms with E-state index in [1.807, 2.05) is 0 Å². The summed E-state index contributed by atoms with van der Waals surface area (Å²) >= 11 is 0. The molecule has 4 heteroatoms. The number of carbonyl (C=O) groups excluding carboxylic acids is 1. The van der Waals surface area contributed by atoms with Crippen LogP contribution in [0.3, 0.4) is 0 Å². The molecular weight excluding hydrogens is 346 g/mol. The van der Waals surface area contributed by atoms with E-state index in [0.29, 0.717) is 0 Å². The summed E-state index contributed by atoms with van der Waals surface area (Å²) in [6.07, 6.45) is 3.18. The third-order valence-corrected chi connectivity index (χ3v) is 6.13. The third-order valence-electron chi connectivity index (χ3n) is 6.13. The molecule has 4 rings (SSSR count). The zero-order valence-corrected chi connectivity index (χ0v) is 16.9. The molecule has 28 heavy (non-hydrogen) atoms. The molecule has 1 saturated heterocycles. The van der Waals surface area contributed by atoms with Crippen LogP contribution in [-0.2, 0) is 17.8 Å². The quantitative estimate of drug-likeness (QED) is 0.868. The Hall–Kier alpha value is -2.33. The first-order valence-electron chi connectivity index (χ1n) is 10.6. The van der Waals surface area contributed by atoms with Crippen LogP contribution in [0, 0.1) is 12.8 Å². The van der Waals surface area contributed by atoms with Gasteiger partial charge in [0.2, 0.25) is 5.91 Å². The second-order valence-electron chi connectivity index (χ2n) is 8.21. The number of anilines is 1. The molecule has 0 saturated carbocycles. The SMILES string of the molecule is Cc1ccc(N2CCCC(C(=O)NCCN3CCc4ccccc4C3)C2)cc1. The second-order valence-corrected chi connectivity index (χ2v) is 8.21. The first kappa shape index (κ1) is 19.0. The number of fused-ring (bicyclic) bond motifs is 1. The Balaban J connectivity index is 1.24. The molecule has 4 nitrogen and oxygen atoms in total. The Bertz CT molecular complexity index is 802. The zero-order chi connectivity index (χ0) is 19.3. The smallest absolute Gasteiger partial charge is 0.224 e. The molecule has 2 aromatic carbocycles. The molecule has 2 aromatic rings. The number of piperidine rings is 1. The van der Waals surface area contributed by atoms with E-state index in [0.717, 1.165) is 58.5 Å². The van der Waals surface area contributed by atoms with E-state index < -0.39 is 0 Å². The number of carbonyl (C=O) groups is 1. The minimum atomic E-state index is 0.0946. The van der Waals surface area contributed by atoms with Crippen molar-refractivity contribution in [3.8, 4) is 0 Å². The standard InChI is InChI=1S/C24H31N3O/c1-19-8-10-23(11-9-19)27-14-4-7-22(18-27)24(28)25-13-16-26-15-12-20-5-2-3-6-21(20)17-26/h2-3,5-6,8-11,22H,4,7,12-18H2,1H3,(H,25,28). The molecule has 0 spiro atoms. The maximum absolute atomic E-state index is 12.7. The number of nitrogens with zero attached hydrogens (tertiary/aromatic N) is 2. The number of amides is 1. The highest BCUT2D eigenvalue weighted by molar-refractivity contribution is 5.79. The first-order chi connectivity index (χ1) is 13.7. The molecule has 0 aliphatic carbocycles. The number of nitrogens with one attached hydrogen (secondary N) is 1. The van der Waals surface area contributed by atoms with E-state index in [4.69, 9.17) is 0 Å². The van der Waals surface area contributed by atoms with Crippen molar-refractivity contribution in [1.82, 2.24) is 10.2 Å². The third kappa shape index (κ3) is 4.56. The molecular formula is C24H31N3O. The highest BCUT2D eigenvalue weighted by Crippen LogP contribution is 2.24. The van der Waals surface area contributed by atoms with Gasteiger partial charge in [-0.2, -0.15) is 0 Å². The molecule has 1 N–H and O–H groups in total. The van der Waals surface area contributed by atoms with Gasteiger partial charge in [-0.15, -0.1) is 0 Å². The lowest BCUT2D eigenvalue weighted by molar-refractivity contribution is -0.125. The molecule has 148 valence electrons. The van der Waals surface area contributed by atoms with E-state index in [9.17, 15) is 4.79 Å². The second kappa shape index (κ2) is 8.78. The van der Waals surface area contributed by atoms with Crippen molar-refractivity contribution in [2.24, 2.45) is 5.92 Å². The average Bonchev–Trinajstić information content (AvgIpc) is 2.74. The summed E-state index contributed by atoms with van der Waals surface area (Å²) in [7, 11) is 0. The molecule has 2 heterocycles. The maximum Gasteiger partial charge on any atom is 0.224 e. The topological polar surface area (TPSA) is 35.6 Å². The fourth-order valence-electron chi connectivity index (χ4n) is 4.41. The van der Waals surface area contributed by atoms with Crippen molar-refractivity contribution < 1.29 is 4.79 Å². The highest BCUT2D eigenvalue weighted by Gasteiger charge is 2.26. The van der Waals surface area contributed by atoms with Gasteiger partial charge in [0.1, 0.15) is 0 Å². The van der Waals surface area contributed by atoms with Crippen LogP contribution in [0.1, 0.15) is 29.5 Å². The predicted molar refractivity (Wildman–Crippen MR) is 115 cm³/mol. The lowest BCUT2D eigenvalue weighted by Crippen LogP contribution is -2.45. The Kier molecular flexibility index (Phi) is 5.96. The van der Waals surface area contributed by atoms with Crippen molar-refractivity contribution in [1.29, 1.82) is 0 Å². The molecule has 0 bridgehead atoms. The largest absolute Gasteiger partial charge is 0.371 e. The van der Waals surface area contributed by atoms with Gasteiger partial charge in [-0.3, -0.25) is 9.69 Å². The molecule has 2 aliphatic heterocycles. The van der Waals surface area contributed by atoms with Crippen LogP contribution in [0.25, 0.3) is 0 Å². The normalized spacial score (nSPS) is 19.9. The van der Waals surface area contributed by atoms with Gasteiger partial charge in [0.15, 0.2) is 0 Å². The lowest BCUT2D eigenvalue weighted by atomic mass is 9.96. The van der Waals surface area contributed by atoms with E-state index in [2.05, 4.69) is 70.6 Å². The molecule has 1 atom stereocenters. The van der Waals surface area contributed by atoms with Gasteiger partial charge in [0.05, 0.1) is 5.92 Å². The average molecular weight is 378 g/mol. The van der Waals surface area contributed by atoms with Gasteiger partial charge in [-0.1, -0.05) is 42.0 Å². The number of aryl methyl sites for hydroxylation is 1. The maximum atomic E-state index is 12.7. The fraction of sp³-hybridized carbons (Fsp3) is 0.458. The Morgan fingerprint density at radius 3 is 2.68 bits per heavy atom. The van der Waals surface area contributed by atoms with Crippen LogP contribution < -0.4 is 10.2 Å². The number of benzene rings is 2. The summed E-state index contributed by atoms with van der Waals surface area (Å²) in [5, 5.41) is 3.20. The Morgan fingerprint density at radius 1 is 1.07 bits per heavy atom. The molecule has 0 aromatic heterocycles. The van der Waals surface area contributed by atoms with Gasteiger partial charge in [-0.05, 0) is 49.4 Å². The van der Waals surface area contributed by atoms with Gasteiger partial charge in [-0.25, -0.2) is 0 Å². The number of hydrogen-bond donors (Lipinski definition) is 1. The zero-order valence-electron chi connectivity index (χ0n) is 16.9. The van der Waals surface area contributed by atoms with E-state index in [1.165, 1.54) is 22.4 Å². The van der Waals surface area contributed by atoms with Crippen LogP contribution in [-0.4, -0.2) is 43.5 Å². The summed E-state index contributed by atoms with van der Waals surface area (Å²) in [6, 6.07) is 17.3. The van der Waals surface area contributed by atoms with Gasteiger partial charge >= 0.3 is 0 Å². The number of rotatable bonds is 5. The summed E-state index contributed by atoms with van der Waals surface area (Å²) < 4.78 is 0. The van der Waals surface area contributed by atoms with Crippen LogP contribution in [0.2, 0.25) is 0 Å².